The van der Waals surface area contributed by atoms with Crippen LogP contribution in [0.2, 0.25) is 0 Å². The zero-order valence-corrected chi connectivity index (χ0v) is 21.3. The smallest absolute Gasteiger partial charge is 0.237 e. The number of hydrogen-bond donors (Lipinski definition) is 0. The molecule has 3 rings (SSSR count). The monoisotopic (exact) mass is 445 g/mol. The van der Waals surface area contributed by atoms with Gasteiger partial charge in [0.05, 0.1) is 6.54 Å². The Kier molecular flexibility index (Phi) is 10.2. The van der Waals surface area contributed by atoms with E-state index in [1.165, 1.54) is 68.9 Å². The molecule has 1 aromatic heterocycles. The molecule has 2 heteroatoms. The SMILES string of the molecule is CCCCCCCCCCC[n+]1ccn(C(C)C(C)(Cc2ccccc2)c2ccccc2)c1. The molecule has 0 saturated heterocycles. The summed E-state index contributed by atoms with van der Waals surface area (Å²) in [7, 11) is 0. The summed E-state index contributed by atoms with van der Waals surface area (Å²) in [5.74, 6) is 0. The van der Waals surface area contributed by atoms with Gasteiger partial charge in [0.1, 0.15) is 18.4 Å². The van der Waals surface area contributed by atoms with Gasteiger partial charge in [-0.15, -0.1) is 0 Å². The van der Waals surface area contributed by atoms with Gasteiger partial charge in [-0.3, -0.25) is 0 Å². The van der Waals surface area contributed by atoms with Crippen LogP contribution in [0.15, 0.2) is 79.4 Å². The summed E-state index contributed by atoms with van der Waals surface area (Å²) < 4.78 is 4.80. The Balaban J connectivity index is 1.57. The lowest BCUT2D eigenvalue weighted by atomic mass is 9.72. The fourth-order valence-corrected chi connectivity index (χ4v) is 5.04. The van der Waals surface area contributed by atoms with Crippen LogP contribution in [0, 0.1) is 0 Å². The molecule has 1 heterocycles. The molecule has 0 aliphatic heterocycles. The van der Waals surface area contributed by atoms with Crippen LogP contribution in [0.3, 0.4) is 0 Å². The number of unbranched alkanes of at least 4 members (excludes halogenated alkanes) is 8. The number of rotatable bonds is 15. The fraction of sp³-hybridized carbons (Fsp3) is 0.516. The van der Waals surface area contributed by atoms with Gasteiger partial charge in [0.15, 0.2) is 0 Å². The fourth-order valence-electron chi connectivity index (χ4n) is 5.04. The minimum Gasteiger partial charge on any atom is -0.237 e. The number of aromatic nitrogens is 2. The van der Waals surface area contributed by atoms with Crippen molar-refractivity contribution in [3.8, 4) is 0 Å². The molecule has 0 N–H and O–H groups in total. The number of imidazole rings is 1. The summed E-state index contributed by atoms with van der Waals surface area (Å²) in [4.78, 5) is 0. The molecular formula is C31H45N2+. The molecule has 3 aromatic rings. The quantitative estimate of drug-likeness (QED) is 0.165. The summed E-state index contributed by atoms with van der Waals surface area (Å²) in [5.41, 5.74) is 2.81. The van der Waals surface area contributed by atoms with Crippen molar-refractivity contribution >= 4 is 0 Å². The van der Waals surface area contributed by atoms with E-state index in [9.17, 15) is 0 Å². The van der Waals surface area contributed by atoms with E-state index in [0.717, 1.165) is 13.0 Å². The molecule has 2 nitrogen and oxygen atoms in total. The lowest BCUT2D eigenvalue weighted by molar-refractivity contribution is -0.697. The van der Waals surface area contributed by atoms with Gasteiger partial charge in [0.25, 0.3) is 0 Å². The highest BCUT2D eigenvalue weighted by atomic mass is 15.1. The van der Waals surface area contributed by atoms with E-state index >= 15 is 0 Å². The van der Waals surface area contributed by atoms with Crippen molar-refractivity contribution in [1.82, 2.24) is 4.57 Å². The van der Waals surface area contributed by atoms with E-state index in [-0.39, 0.29) is 5.41 Å². The first-order chi connectivity index (χ1) is 16.1. The van der Waals surface area contributed by atoms with Crippen molar-refractivity contribution in [3.05, 3.63) is 90.5 Å². The lowest BCUT2D eigenvalue weighted by Crippen LogP contribution is -2.36. The Morgan fingerprint density at radius 2 is 1.36 bits per heavy atom. The highest BCUT2D eigenvalue weighted by molar-refractivity contribution is 5.30. The Labute approximate surface area is 202 Å². The van der Waals surface area contributed by atoms with Gasteiger partial charge >= 0.3 is 0 Å². The minimum atomic E-state index is 0.0112. The van der Waals surface area contributed by atoms with Crippen LogP contribution < -0.4 is 4.57 Å². The molecule has 0 fully saturated rings. The third kappa shape index (κ3) is 7.59. The second-order valence-electron chi connectivity index (χ2n) is 10.0. The zero-order chi connectivity index (χ0) is 23.4. The molecule has 2 atom stereocenters. The molecule has 0 spiro atoms. The predicted molar refractivity (Wildman–Crippen MR) is 141 cm³/mol. The van der Waals surface area contributed by atoms with E-state index in [1.54, 1.807) is 0 Å². The van der Waals surface area contributed by atoms with E-state index in [0.29, 0.717) is 6.04 Å². The number of benzene rings is 2. The third-order valence-corrected chi connectivity index (χ3v) is 7.45. The maximum absolute atomic E-state index is 2.42. The Morgan fingerprint density at radius 1 is 0.788 bits per heavy atom. The highest BCUT2D eigenvalue weighted by Gasteiger charge is 2.37. The van der Waals surface area contributed by atoms with Crippen molar-refractivity contribution in [2.75, 3.05) is 0 Å². The standard InChI is InChI=1S/C31H45N2/c1-4-5-6-7-8-9-10-11-18-23-32-24-25-33(27-32)28(2)31(3,30-21-16-13-17-22-30)26-29-19-14-12-15-20-29/h12-17,19-22,24-25,27-28H,4-11,18,23,26H2,1-3H3/q+1. The minimum absolute atomic E-state index is 0.0112. The molecule has 0 aliphatic carbocycles. The third-order valence-electron chi connectivity index (χ3n) is 7.45. The van der Waals surface area contributed by atoms with Crippen LogP contribution in [-0.4, -0.2) is 4.57 Å². The van der Waals surface area contributed by atoms with E-state index in [4.69, 9.17) is 0 Å². The normalized spacial score (nSPS) is 14.2. The summed E-state index contributed by atoms with van der Waals surface area (Å²) in [5, 5.41) is 0. The average molecular weight is 446 g/mol. The largest absolute Gasteiger partial charge is 0.243 e. The first-order valence-electron chi connectivity index (χ1n) is 13.3. The van der Waals surface area contributed by atoms with Crippen LogP contribution in [0.5, 0.6) is 0 Å². The summed E-state index contributed by atoms with van der Waals surface area (Å²) in [6.07, 6.45) is 20.3. The van der Waals surface area contributed by atoms with Crippen LogP contribution in [-0.2, 0) is 18.4 Å². The lowest BCUT2D eigenvalue weighted by Gasteiger charge is -2.34. The van der Waals surface area contributed by atoms with Crippen molar-refractivity contribution in [2.45, 2.75) is 103 Å². The van der Waals surface area contributed by atoms with Gasteiger partial charge in [-0.25, -0.2) is 9.13 Å². The van der Waals surface area contributed by atoms with Crippen molar-refractivity contribution < 1.29 is 4.57 Å². The molecule has 0 bridgehead atoms. The second-order valence-corrected chi connectivity index (χ2v) is 10.0. The molecule has 0 aliphatic rings. The van der Waals surface area contributed by atoms with Gasteiger partial charge in [-0.2, -0.15) is 0 Å². The van der Waals surface area contributed by atoms with Gasteiger partial charge < -0.3 is 0 Å². The first-order valence-corrected chi connectivity index (χ1v) is 13.3. The van der Waals surface area contributed by atoms with Crippen LogP contribution >= 0.6 is 0 Å². The Morgan fingerprint density at radius 3 is 2.00 bits per heavy atom. The molecule has 33 heavy (non-hydrogen) atoms. The summed E-state index contributed by atoms with van der Waals surface area (Å²) >= 11 is 0. The maximum Gasteiger partial charge on any atom is 0.243 e. The Bertz CT molecular complexity index is 899. The first kappa shape index (κ1) is 25.3. The van der Waals surface area contributed by atoms with Crippen LogP contribution in [0.25, 0.3) is 0 Å². The molecular weight excluding hydrogens is 400 g/mol. The van der Waals surface area contributed by atoms with Gasteiger partial charge in [-0.1, -0.05) is 119 Å². The van der Waals surface area contributed by atoms with Crippen molar-refractivity contribution in [3.63, 3.8) is 0 Å². The second kappa shape index (κ2) is 13.4. The van der Waals surface area contributed by atoms with E-state index in [2.05, 4.69) is 109 Å². The summed E-state index contributed by atoms with van der Waals surface area (Å²) in [6, 6.07) is 22.3. The topological polar surface area (TPSA) is 8.81 Å². The maximum atomic E-state index is 2.42. The van der Waals surface area contributed by atoms with Gasteiger partial charge in [0, 0.05) is 5.41 Å². The van der Waals surface area contributed by atoms with Crippen molar-refractivity contribution in [1.29, 1.82) is 0 Å². The number of hydrogen-bond acceptors (Lipinski definition) is 0. The molecule has 0 amide bonds. The van der Waals surface area contributed by atoms with Gasteiger partial charge in [0.2, 0.25) is 6.33 Å². The molecule has 0 radical (unpaired) electrons. The number of aryl methyl sites for hydroxylation is 1. The van der Waals surface area contributed by atoms with Crippen LogP contribution in [0.4, 0.5) is 0 Å². The van der Waals surface area contributed by atoms with Crippen molar-refractivity contribution in [2.24, 2.45) is 0 Å². The molecule has 0 saturated carbocycles. The highest BCUT2D eigenvalue weighted by Crippen LogP contribution is 2.38. The summed E-state index contributed by atoms with van der Waals surface area (Å²) in [6.45, 7) is 8.21. The molecule has 2 aromatic carbocycles. The molecule has 178 valence electrons. The molecule has 2 unspecified atom stereocenters. The Hall–Kier alpha value is -2.35. The van der Waals surface area contributed by atoms with Crippen LogP contribution in [0.1, 0.15) is 95.7 Å². The average Bonchev–Trinajstić information content (AvgIpc) is 3.32. The number of nitrogens with zero attached hydrogens (tertiary/aromatic N) is 2. The van der Waals surface area contributed by atoms with Gasteiger partial charge in [-0.05, 0) is 37.3 Å². The predicted octanol–water partition coefficient (Wildman–Crippen LogP) is 8.07. The zero-order valence-electron chi connectivity index (χ0n) is 21.3. The van der Waals surface area contributed by atoms with E-state index in [1.807, 2.05) is 0 Å². The van der Waals surface area contributed by atoms with E-state index < -0.39 is 0 Å².